The summed E-state index contributed by atoms with van der Waals surface area (Å²) in [6.07, 6.45) is 4.11. The predicted octanol–water partition coefficient (Wildman–Crippen LogP) is 6.09. The summed E-state index contributed by atoms with van der Waals surface area (Å²) in [5.74, 6) is 0.643. The standard InChI is InChI=1S/C29H26F3N7O3/c1-41-13-14-42-25-6-5-21(29(30,31)32)16-23(25)38-28(40)36-22-4-2-3-20(15-22)24-18-39-12-11-34-27(39)26(37-24)35-17-19-7-9-33-10-8-19/h2-12,15-16,18H,13-14,17H2,1H3,(H,35,37)(H2,36,38,40). The molecule has 5 aromatic rings. The number of alkyl halides is 3. The molecule has 3 aromatic heterocycles. The highest BCUT2D eigenvalue weighted by atomic mass is 19.4. The number of benzene rings is 2. The van der Waals surface area contributed by atoms with E-state index < -0.39 is 17.8 Å². The normalized spacial score (nSPS) is 11.3. The van der Waals surface area contributed by atoms with Crippen molar-refractivity contribution in [3.63, 3.8) is 0 Å². The fourth-order valence-electron chi connectivity index (χ4n) is 4.08. The van der Waals surface area contributed by atoms with Crippen LogP contribution in [0.15, 0.2) is 85.6 Å². The van der Waals surface area contributed by atoms with Crippen molar-refractivity contribution >= 4 is 28.9 Å². The summed E-state index contributed by atoms with van der Waals surface area (Å²) in [6, 6.07) is 12.8. The van der Waals surface area contributed by atoms with Crippen LogP contribution in [0.1, 0.15) is 11.1 Å². The lowest BCUT2D eigenvalue weighted by molar-refractivity contribution is -0.137. The van der Waals surface area contributed by atoms with E-state index >= 15 is 0 Å². The molecule has 0 spiro atoms. The molecule has 3 N–H and O–H groups in total. The van der Waals surface area contributed by atoms with Crippen molar-refractivity contribution in [1.29, 1.82) is 0 Å². The summed E-state index contributed by atoms with van der Waals surface area (Å²) < 4.78 is 52.3. The molecule has 2 amide bonds. The molecule has 0 aliphatic rings. The second-order valence-corrected chi connectivity index (χ2v) is 9.05. The van der Waals surface area contributed by atoms with Gasteiger partial charge in [0.1, 0.15) is 12.4 Å². The summed E-state index contributed by atoms with van der Waals surface area (Å²) in [7, 11) is 1.47. The van der Waals surface area contributed by atoms with Gasteiger partial charge in [-0.05, 0) is 48.0 Å². The van der Waals surface area contributed by atoms with Crippen LogP contribution in [0.2, 0.25) is 0 Å². The van der Waals surface area contributed by atoms with Crippen LogP contribution < -0.4 is 20.7 Å². The smallest absolute Gasteiger partial charge is 0.416 e. The fourth-order valence-corrected chi connectivity index (χ4v) is 4.08. The molecule has 10 nitrogen and oxygen atoms in total. The van der Waals surface area contributed by atoms with E-state index in [0.717, 1.165) is 23.8 Å². The number of methoxy groups -OCH3 is 1. The number of anilines is 3. The number of fused-ring (bicyclic) bond motifs is 1. The van der Waals surface area contributed by atoms with E-state index in [0.29, 0.717) is 35.0 Å². The minimum absolute atomic E-state index is 0.0774. The summed E-state index contributed by atoms with van der Waals surface area (Å²) in [4.78, 5) is 26.0. The second-order valence-electron chi connectivity index (χ2n) is 9.05. The Morgan fingerprint density at radius 1 is 1.00 bits per heavy atom. The maximum absolute atomic E-state index is 13.3. The average molecular weight is 578 g/mol. The predicted molar refractivity (Wildman–Crippen MR) is 151 cm³/mol. The van der Waals surface area contributed by atoms with Crippen molar-refractivity contribution in [3.8, 4) is 17.0 Å². The first-order valence-electron chi connectivity index (χ1n) is 12.8. The molecule has 216 valence electrons. The average Bonchev–Trinajstić information content (AvgIpc) is 3.46. The lowest BCUT2D eigenvalue weighted by Gasteiger charge is -2.16. The molecular weight excluding hydrogens is 551 g/mol. The fraction of sp³-hybridized carbons (Fsp3) is 0.172. The van der Waals surface area contributed by atoms with Gasteiger partial charge < -0.3 is 29.8 Å². The zero-order chi connectivity index (χ0) is 29.5. The van der Waals surface area contributed by atoms with Crippen LogP contribution in [0.25, 0.3) is 16.9 Å². The molecule has 0 aliphatic carbocycles. The molecule has 5 rings (SSSR count). The number of pyridine rings is 1. The molecule has 0 aliphatic heterocycles. The molecule has 0 saturated heterocycles. The number of urea groups is 1. The lowest BCUT2D eigenvalue weighted by atomic mass is 10.1. The highest BCUT2D eigenvalue weighted by molar-refractivity contribution is 6.01. The molecule has 13 heteroatoms. The monoisotopic (exact) mass is 577 g/mol. The zero-order valence-electron chi connectivity index (χ0n) is 22.4. The molecule has 3 heterocycles. The molecule has 2 aromatic carbocycles. The van der Waals surface area contributed by atoms with Gasteiger partial charge in [-0.3, -0.25) is 4.98 Å². The van der Waals surface area contributed by atoms with Gasteiger partial charge in [0.25, 0.3) is 0 Å². The molecule has 0 radical (unpaired) electrons. The van der Waals surface area contributed by atoms with E-state index in [9.17, 15) is 18.0 Å². The van der Waals surface area contributed by atoms with Crippen LogP contribution in [0.4, 0.5) is 35.2 Å². The largest absolute Gasteiger partial charge is 0.489 e. The minimum Gasteiger partial charge on any atom is -0.489 e. The van der Waals surface area contributed by atoms with Gasteiger partial charge in [0.15, 0.2) is 11.5 Å². The number of amides is 2. The number of aromatic nitrogens is 4. The quantitative estimate of drug-likeness (QED) is 0.172. The Kier molecular flexibility index (Phi) is 8.48. The zero-order valence-corrected chi connectivity index (χ0v) is 22.4. The Bertz CT molecular complexity index is 1680. The van der Waals surface area contributed by atoms with Crippen molar-refractivity contribution < 1.29 is 27.4 Å². The molecule has 0 atom stereocenters. The Balaban J connectivity index is 1.35. The van der Waals surface area contributed by atoms with E-state index in [-0.39, 0.29) is 24.7 Å². The number of nitrogens with zero attached hydrogens (tertiary/aromatic N) is 4. The van der Waals surface area contributed by atoms with E-state index in [1.807, 2.05) is 28.8 Å². The first-order valence-corrected chi connectivity index (χ1v) is 12.8. The number of hydrogen-bond donors (Lipinski definition) is 3. The van der Waals surface area contributed by atoms with Gasteiger partial charge in [-0.2, -0.15) is 13.2 Å². The number of carbonyl (C=O) groups excluding carboxylic acids is 1. The van der Waals surface area contributed by atoms with Crippen molar-refractivity contribution in [3.05, 3.63) is 96.7 Å². The summed E-state index contributed by atoms with van der Waals surface area (Å²) in [5.41, 5.74) is 2.31. The number of halogens is 3. The maximum Gasteiger partial charge on any atom is 0.416 e. The van der Waals surface area contributed by atoms with Gasteiger partial charge in [0.2, 0.25) is 0 Å². The van der Waals surface area contributed by atoms with Crippen LogP contribution >= 0.6 is 0 Å². The van der Waals surface area contributed by atoms with Gasteiger partial charge in [-0.25, -0.2) is 14.8 Å². The minimum atomic E-state index is -4.60. The van der Waals surface area contributed by atoms with Gasteiger partial charge in [0, 0.05) is 55.9 Å². The molecule has 0 fully saturated rings. The number of nitrogens with one attached hydrogen (secondary N) is 3. The first kappa shape index (κ1) is 28.4. The van der Waals surface area contributed by atoms with Gasteiger partial charge in [-0.15, -0.1) is 0 Å². The Morgan fingerprint density at radius 3 is 2.62 bits per heavy atom. The third kappa shape index (κ3) is 6.93. The molecule has 0 bridgehead atoms. The van der Waals surface area contributed by atoms with Gasteiger partial charge in [0.05, 0.1) is 23.6 Å². The summed E-state index contributed by atoms with van der Waals surface area (Å²) in [6.45, 7) is 0.823. The highest BCUT2D eigenvalue weighted by Gasteiger charge is 2.31. The number of ether oxygens (including phenoxy) is 2. The topological polar surface area (TPSA) is 115 Å². The number of rotatable bonds is 10. The van der Waals surface area contributed by atoms with E-state index in [4.69, 9.17) is 14.5 Å². The third-order valence-corrected chi connectivity index (χ3v) is 6.10. The molecular formula is C29H26F3N7O3. The SMILES string of the molecule is COCCOc1ccc(C(F)(F)F)cc1NC(=O)Nc1cccc(-c2cn3ccnc3c(NCc3ccncc3)n2)c1. The van der Waals surface area contributed by atoms with E-state index in [1.165, 1.54) is 7.11 Å². The summed E-state index contributed by atoms with van der Waals surface area (Å²) in [5, 5.41) is 8.44. The Hall–Kier alpha value is -5.17. The number of hydrogen-bond acceptors (Lipinski definition) is 7. The van der Waals surface area contributed by atoms with Crippen LogP contribution in [-0.4, -0.2) is 45.7 Å². The Labute approximate surface area is 238 Å². The number of imidazole rings is 1. The lowest BCUT2D eigenvalue weighted by Crippen LogP contribution is -2.21. The van der Waals surface area contributed by atoms with E-state index in [1.54, 1.807) is 43.0 Å². The second kappa shape index (κ2) is 12.6. The van der Waals surface area contributed by atoms with Crippen molar-refractivity contribution in [2.75, 3.05) is 36.3 Å². The molecule has 42 heavy (non-hydrogen) atoms. The number of carbonyl (C=O) groups is 1. The van der Waals surface area contributed by atoms with Crippen molar-refractivity contribution in [1.82, 2.24) is 19.4 Å². The molecule has 0 saturated carbocycles. The van der Waals surface area contributed by atoms with Crippen molar-refractivity contribution in [2.45, 2.75) is 12.7 Å². The van der Waals surface area contributed by atoms with E-state index in [2.05, 4.69) is 25.9 Å². The molecule has 0 unspecified atom stereocenters. The first-order chi connectivity index (χ1) is 20.3. The van der Waals surface area contributed by atoms with Crippen LogP contribution in [-0.2, 0) is 17.5 Å². The summed E-state index contributed by atoms with van der Waals surface area (Å²) >= 11 is 0. The van der Waals surface area contributed by atoms with Crippen molar-refractivity contribution in [2.24, 2.45) is 0 Å². The third-order valence-electron chi connectivity index (χ3n) is 6.10. The highest BCUT2D eigenvalue weighted by Crippen LogP contribution is 2.35. The van der Waals surface area contributed by atoms with Gasteiger partial charge in [-0.1, -0.05) is 12.1 Å². The Morgan fingerprint density at radius 2 is 1.83 bits per heavy atom. The van der Waals surface area contributed by atoms with Crippen LogP contribution in [0, 0.1) is 0 Å². The van der Waals surface area contributed by atoms with Crippen LogP contribution in [0.5, 0.6) is 5.75 Å². The maximum atomic E-state index is 13.3. The van der Waals surface area contributed by atoms with Gasteiger partial charge >= 0.3 is 12.2 Å². The van der Waals surface area contributed by atoms with Crippen LogP contribution in [0.3, 0.4) is 0 Å².